The van der Waals surface area contributed by atoms with Gasteiger partial charge >= 0.3 is 0 Å². The summed E-state index contributed by atoms with van der Waals surface area (Å²) in [6, 6.07) is 4.18. The van der Waals surface area contributed by atoms with Crippen LogP contribution in [0, 0.1) is 5.92 Å². The summed E-state index contributed by atoms with van der Waals surface area (Å²) < 4.78 is 10.9. The van der Waals surface area contributed by atoms with Crippen LogP contribution in [0.1, 0.15) is 26.7 Å². The molecule has 0 aliphatic carbocycles. The van der Waals surface area contributed by atoms with Gasteiger partial charge in [-0.2, -0.15) is 0 Å². The fourth-order valence-corrected chi connectivity index (χ4v) is 2.83. The van der Waals surface area contributed by atoms with Crippen molar-refractivity contribution in [3.05, 3.63) is 12.1 Å². The van der Waals surface area contributed by atoms with E-state index in [1.807, 2.05) is 0 Å². The lowest BCUT2D eigenvalue weighted by atomic mass is 10.0. The van der Waals surface area contributed by atoms with Crippen LogP contribution >= 0.6 is 0 Å². The minimum atomic E-state index is 0.338. The van der Waals surface area contributed by atoms with Gasteiger partial charge in [-0.05, 0) is 5.92 Å². The molecule has 2 aliphatic heterocycles. The molecular formula is C15H22N2O2. The number of rotatable bonds is 4. The van der Waals surface area contributed by atoms with E-state index < -0.39 is 0 Å². The van der Waals surface area contributed by atoms with Crippen molar-refractivity contribution in [3.63, 3.8) is 0 Å². The molecule has 4 nitrogen and oxygen atoms in total. The lowest BCUT2D eigenvalue weighted by Crippen LogP contribution is -2.37. The van der Waals surface area contributed by atoms with E-state index in [0.29, 0.717) is 6.79 Å². The number of hydrogen-bond acceptors (Lipinski definition) is 4. The molecule has 0 amide bonds. The molecule has 2 aliphatic rings. The van der Waals surface area contributed by atoms with Crippen molar-refractivity contribution >= 4 is 11.4 Å². The summed E-state index contributed by atoms with van der Waals surface area (Å²) in [5.41, 5.74) is 2.42. The van der Waals surface area contributed by atoms with Crippen LogP contribution in [0.15, 0.2) is 12.1 Å². The van der Waals surface area contributed by atoms with Gasteiger partial charge in [0.25, 0.3) is 0 Å². The van der Waals surface area contributed by atoms with Crippen molar-refractivity contribution in [2.24, 2.45) is 5.92 Å². The molecule has 0 spiro atoms. The Hall–Kier alpha value is -1.58. The molecule has 104 valence electrons. The molecular weight excluding hydrogens is 240 g/mol. The maximum absolute atomic E-state index is 5.49. The van der Waals surface area contributed by atoms with Gasteiger partial charge in [-0.3, -0.25) is 0 Å². The normalized spacial score (nSPS) is 16.5. The van der Waals surface area contributed by atoms with Crippen molar-refractivity contribution in [3.8, 4) is 11.5 Å². The number of anilines is 2. The zero-order chi connectivity index (χ0) is 13.2. The van der Waals surface area contributed by atoms with E-state index in [2.05, 4.69) is 36.2 Å². The highest BCUT2D eigenvalue weighted by molar-refractivity contribution is 5.77. The predicted octanol–water partition coefficient (Wildman–Crippen LogP) is 3.08. The number of nitrogens with zero attached hydrogens (tertiary/aromatic N) is 1. The van der Waals surface area contributed by atoms with E-state index in [4.69, 9.17) is 9.47 Å². The number of hydrogen-bond donors (Lipinski definition) is 1. The summed E-state index contributed by atoms with van der Waals surface area (Å²) in [6.45, 7) is 8.07. The van der Waals surface area contributed by atoms with Crippen LogP contribution in [0.25, 0.3) is 0 Å². The maximum Gasteiger partial charge on any atom is 0.231 e. The summed E-state index contributed by atoms with van der Waals surface area (Å²) >= 11 is 0. The standard InChI is InChI=1S/C15H22N2O2/c1-3-11(4-2)9-17-6-5-16-12-7-14-15(8-13(12)17)19-10-18-14/h7-8,11,16H,3-6,9-10H2,1-2H3. The first-order chi connectivity index (χ1) is 9.31. The molecule has 0 saturated carbocycles. The van der Waals surface area contributed by atoms with E-state index in [0.717, 1.165) is 37.1 Å². The van der Waals surface area contributed by atoms with Crippen molar-refractivity contribution in [2.45, 2.75) is 26.7 Å². The maximum atomic E-state index is 5.49. The average Bonchev–Trinajstić information content (AvgIpc) is 2.89. The van der Waals surface area contributed by atoms with Gasteiger partial charge in [0.2, 0.25) is 6.79 Å². The van der Waals surface area contributed by atoms with Crippen LogP contribution in [0.3, 0.4) is 0 Å². The zero-order valence-electron chi connectivity index (χ0n) is 11.7. The van der Waals surface area contributed by atoms with Crippen LogP contribution in [0.5, 0.6) is 11.5 Å². The van der Waals surface area contributed by atoms with Gasteiger partial charge in [-0.1, -0.05) is 26.7 Å². The molecule has 0 radical (unpaired) electrons. The lowest BCUT2D eigenvalue weighted by molar-refractivity contribution is 0.174. The van der Waals surface area contributed by atoms with Gasteiger partial charge in [0, 0.05) is 31.8 Å². The van der Waals surface area contributed by atoms with Gasteiger partial charge in [0.1, 0.15) is 0 Å². The van der Waals surface area contributed by atoms with Gasteiger partial charge in [0.15, 0.2) is 11.5 Å². The van der Waals surface area contributed by atoms with Crippen LogP contribution in [-0.2, 0) is 0 Å². The van der Waals surface area contributed by atoms with Crippen LogP contribution in [0.4, 0.5) is 11.4 Å². The minimum Gasteiger partial charge on any atom is -0.454 e. The summed E-state index contributed by atoms with van der Waals surface area (Å²) in [7, 11) is 0. The van der Waals surface area contributed by atoms with Gasteiger partial charge in [-0.15, -0.1) is 0 Å². The molecule has 4 heteroatoms. The molecule has 2 heterocycles. The summed E-state index contributed by atoms with van der Waals surface area (Å²) in [4.78, 5) is 2.48. The average molecular weight is 262 g/mol. The van der Waals surface area contributed by atoms with E-state index in [-0.39, 0.29) is 0 Å². The molecule has 0 unspecified atom stereocenters. The summed E-state index contributed by atoms with van der Waals surface area (Å²) in [5, 5.41) is 3.45. The lowest BCUT2D eigenvalue weighted by Gasteiger charge is -2.34. The Labute approximate surface area is 114 Å². The first kappa shape index (κ1) is 12.5. The number of ether oxygens (including phenoxy) is 2. The Morgan fingerprint density at radius 1 is 1.21 bits per heavy atom. The third-order valence-electron chi connectivity index (χ3n) is 4.16. The fourth-order valence-electron chi connectivity index (χ4n) is 2.83. The molecule has 3 rings (SSSR count). The largest absolute Gasteiger partial charge is 0.454 e. The quantitative estimate of drug-likeness (QED) is 0.904. The highest BCUT2D eigenvalue weighted by Gasteiger charge is 2.24. The third kappa shape index (κ3) is 2.31. The third-order valence-corrected chi connectivity index (χ3v) is 4.16. The monoisotopic (exact) mass is 262 g/mol. The molecule has 0 bridgehead atoms. The van der Waals surface area contributed by atoms with Crippen LogP contribution in [0.2, 0.25) is 0 Å². The molecule has 1 aromatic carbocycles. The van der Waals surface area contributed by atoms with E-state index in [1.165, 1.54) is 24.2 Å². The SMILES string of the molecule is CCC(CC)CN1CCNc2cc3c(cc21)OCO3. The Morgan fingerprint density at radius 3 is 2.68 bits per heavy atom. The number of nitrogens with one attached hydrogen (secondary N) is 1. The second-order valence-electron chi connectivity index (χ2n) is 5.28. The van der Waals surface area contributed by atoms with Gasteiger partial charge in [-0.25, -0.2) is 0 Å². The Morgan fingerprint density at radius 2 is 1.95 bits per heavy atom. The molecule has 1 N–H and O–H groups in total. The minimum absolute atomic E-state index is 0.338. The molecule has 1 aromatic rings. The Balaban J connectivity index is 1.87. The second kappa shape index (κ2) is 5.19. The first-order valence-corrected chi connectivity index (χ1v) is 7.24. The van der Waals surface area contributed by atoms with E-state index in [1.54, 1.807) is 0 Å². The molecule has 19 heavy (non-hydrogen) atoms. The molecule has 0 atom stereocenters. The van der Waals surface area contributed by atoms with Gasteiger partial charge < -0.3 is 19.7 Å². The van der Waals surface area contributed by atoms with Crippen LogP contribution < -0.4 is 19.7 Å². The van der Waals surface area contributed by atoms with Crippen molar-refractivity contribution in [2.75, 3.05) is 36.6 Å². The van der Waals surface area contributed by atoms with Crippen molar-refractivity contribution in [1.29, 1.82) is 0 Å². The fraction of sp³-hybridized carbons (Fsp3) is 0.600. The summed E-state index contributed by atoms with van der Waals surface area (Å²) in [5.74, 6) is 2.49. The van der Waals surface area contributed by atoms with E-state index >= 15 is 0 Å². The topological polar surface area (TPSA) is 33.7 Å². The van der Waals surface area contributed by atoms with E-state index in [9.17, 15) is 0 Å². The summed E-state index contributed by atoms with van der Waals surface area (Å²) in [6.07, 6.45) is 2.47. The number of benzene rings is 1. The van der Waals surface area contributed by atoms with Crippen molar-refractivity contribution < 1.29 is 9.47 Å². The van der Waals surface area contributed by atoms with Crippen molar-refractivity contribution in [1.82, 2.24) is 0 Å². The molecule has 0 fully saturated rings. The molecule has 0 aromatic heterocycles. The second-order valence-corrected chi connectivity index (χ2v) is 5.28. The number of fused-ring (bicyclic) bond motifs is 2. The highest BCUT2D eigenvalue weighted by atomic mass is 16.7. The zero-order valence-corrected chi connectivity index (χ0v) is 11.7. The Kier molecular flexibility index (Phi) is 3.40. The first-order valence-electron chi connectivity index (χ1n) is 7.24. The smallest absolute Gasteiger partial charge is 0.231 e. The predicted molar refractivity (Wildman–Crippen MR) is 77.3 cm³/mol. The highest BCUT2D eigenvalue weighted by Crippen LogP contribution is 2.42. The Bertz CT molecular complexity index is 458. The van der Waals surface area contributed by atoms with Gasteiger partial charge in [0.05, 0.1) is 11.4 Å². The molecule has 0 saturated heterocycles. The van der Waals surface area contributed by atoms with Crippen LogP contribution in [-0.4, -0.2) is 26.4 Å².